The first kappa shape index (κ1) is 18.0. The van der Waals surface area contributed by atoms with Gasteiger partial charge in [0.15, 0.2) is 0 Å². The summed E-state index contributed by atoms with van der Waals surface area (Å²) in [6, 6.07) is 13.5. The number of aromatic nitrogens is 2. The first-order valence-corrected chi connectivity index (χ1v) is 10.1. The largest absolute Gasteiger partial charge is 0.331 e. The highest BCUT2D eigenvalue weighted by Gasteiger charge is 2.39. The van der Waals surface area contributed by atoms with Crippen LogP contribution in [-0.2, 0) is 6.54 Å². The highest BCUT2D eigenvalue weighted by Crippen LogP contribution is 2.36. The Morgan fingerprint density at radius 1 is 1.00 bits per heavy atom. The molecule has 2 saturated carbocycles. The van der Waals surface area contributed by atoms with Crippen molar-refractivity contribution in [2.75, 3.05) is 0 Å². The second-order valence-corrected chi connectivity index (χ2v) is 8.06. The van der Waals surface area contributed by atoms with E-state index in [1.165, 1.54) is 23.6 Å². The zero-order chi connectivity index (χ0) is 18.8. The molecule has 5 heteroatoms. The summed E-state index contributed by atoms with van der Waals surface area (Å²) in [5.41, 5.74) is 1.20. The molecule has 0 saturated heterocycles. The molecule has 2 aromatic rings. The molecule has 0 atom stereocenters. The quantitative estimate of drug-likeness (QED) is 0.815. The first-order chi connectivity index (χ1) is 13.1. The standard InChI is InChI=1S/C22H27N3O2/c1-16-7-9-18(10-8-16)25(19-11-12-19)22(27)20-13-14-21(26)24(23-20)15-17-5-3-2-4-6-17/h2-6,13-14,16,18-19H,7-12,15H2,1H3. The third-order valence-electron chi connectivity index (χ3n) is 5.81. The summed E-state index contributed by atoms with van der Waals surface area (Å²) >= 11 is 0. The molecule has 0 N–H and O–H groups in total. The zero-order valence-corrected chi connectivity index (χ0v) is 15.9. The summed E-state index contributed by atoms with van der Waals surface area (Å²) in [5, 5.41) is 4.42. The Morgan fingerprint density at radius 2 is 1.63 bits per heavy atom. The molecule has 0 bridgehead atoms. The van der Waals surface area contributed by atoms with E-state index in [0.29, 0.717) is 24.3 Å². The second-order valence-electron chi connectivity index (χ2n) is 8.06. The van der Waals surface area contributed by atoms with E-state index in [9.17, 15) is 9.59 Å². The van der Waals surface area contributed by atoms with E-state index < -0.39 is 0 Å². The molecular formula is C22H27N3O2. The van der Waals surface area contributed by atoms with Crippen LogP contribution in [0, 0.1) is 5.92 Å². The fourth-order valence-electron chi connectivity index (χ4n) is 4.07. The van der Waals surface area contributed by atoms with E-state index in [1.807, 2.05) is 30.3 Å². The lowest BCUT2D eigenvalue weighted by Gasteiger charge is -2.36. The third-order valence-corrected chi connectivity index (χ3v) is 5.81. The highest BCUT2D eigenvalue weighted by molar-refractivity contribution is 5.92. The number of hydrogen-bond donors (Lipinski definition) is 0. The van der Waals surface area contributed by atoms with Crippen LogP contribution >= 0.6 is 0 Å². The predicted molar refractivity (Wildman–Crippen MR) is 105 cm³/mol. The van der Waals surface area contributed by atoms with E-state index in [0.717, 1.165) is 37.2 Å². The van der Waals surface area contributed by atoms with Crippen molar-refractivity contribution < 1.29 is 4.79 Å². The lowest BCUT2D eigenvalue weighted by molar-refractivity contribution is 0.0584. The van der Waals surface area contributed by atoms with Crippen molar-refractivity contribution in [1.82, 2.24) is 14.7 Å². The molecule has 5 nitrogen and oxygen atoms in total. The maximum atomic E-state index is 13.3. The van der Waals surface area contributed by atoms with Gasteiger partial charge < -0.3 is 4.90 Å². The molecule has 142 valence electrons. The van der Waals surface area contributed by atoms with E-state index in [1.54, 1.807) is 6.07 Å². The van der Waals surface area contributed by atoms with E-state index in [-0.39, 0.29) is 11.5 Å². The van der Waals surface area contributed by atoms with Gasteiger partial charge in [-0.15, -0.1) is 0 Å². The number of carbonyl (C=O) groups excluding carboxylic acids is 1. The van der Waals surface area contributed by atoms with Gasteiger partial charge in [-0.2, -0.15) is 5.10 Å². The minimum absolute atomic E-state index is 0.0149. The highest BCUT2D eigenvalue weighted by atomic mass is 16.2. The third kappa shape index (κ3) is 4.12. The number of benzene rings is 1. The molecule has 2 aliphatic carbocycles. The molecule has 1 heterocycles. The van der Waals surface area contributed by atoms with Crippen molar-refractivity contribution in [3.05, 3.63) is 64.1 Å². The molecule has 1 aromatic heterocycles. The van der Waals surface area contributed by atoms with Crippen molar-refractivity contribution in [1.29, 1.82) is 0 Å². The zero-order valence-electron chi connectivity index (χ0n) is 15.9. The summed E-state index contributed by atoms with van der Waals surface area (Å²) in [5.74, 6) is 0.738. The number of hydrogen-bond acceptors (Lipinski definition) is 3. The van der Waals surface area contributed by atoms with Crippen molar-refractivity contribution in [2.24, 2.45) is 5.92 Å². The van der Waals surface area contributed by atoms with Gasteiger partial charge in [-0.1, -0.05) is 37.3 Å². The average Bonchev–Trinajstić information content (AvgIpc) is 3.51. The lowest BCUT2D eigenvalue weighted by Crippen LogP contribution is -2.44. The maximum Gasteiger partial charge on any atom is 0.274 e. The van der Waals surface area contributed by atoms with Crippen molar-refractivity contribution in [2.45, 2.75) is 64.1 Å². The van der Waals surface area contributed by atoms with Gasteiger partial charge in [0, 0.05) is 18.2 Å². The summed E-state index contributed by atoms with van der Waals surface area (Å²) < 4.78 is 1.40. The van der Waals surface area contributed by atoms with E-state index in [2.05, 4.69) is 16.9 Å². The van der Waals surface area contributed by atoms with Crippen LogP contribution in [0.15, 0.2) is 47.3 Å². The Hall–Kier alpha value is -2.43. The van der Waals surface area contributed by atoms with Crippen LogP contribution in [0.5, 0.6) is 0 Å². The minimum Gasteiger partial charge on any atom is -0.331 e. The van der Waals surface area contributed by atoms with Crippen LogP contribution in [0.1, 0.15) is 61.5 Å². The van der Waals surface area contributed by atoms with Crippen LogP contribution in [0.2, 0.25) is 0 Å². The number of amides is 1. The predicted octanol–water partition coefficient (Wildman–Crippen LogP) is 3.47. The van der Waals surface area contributed by atoms with Gasteiger partial charge in [0.05, 0.1) is 6.54 Å². The van der Waals surface area contributed by atoms with E-state index in [4.69, 9.17) is 0 Å². The molecule has 4 rings (SSSR count). The molecule has 27 heavy (non-hydrogen) atoms. The van der Waals surface area contributed by atoms with Crippen LogP contribution in [0.3, 0.4) is 0 Å². The SMILES string of the molecule is CC1CCC(N(C(=O)c2ccc(=O)n(Cc3ccccc3)n2)C2CC2)CC1. The minimum atomic E-state index is -0.181. The Kier molecular flexibility index (Phi) is 5.10. The van der Waals surface area contributed by atoms with Gasteiger partial charge in [0.1, 0.15) is 5.69 Å². The van der Waals surface area contributed by atoms with Crippen LogP contribution in [-0.4, -0.2) is 32.7 Å². The maximum absolute atomic E-state index is 13.3. The number of carbonyl (C=O) groups is 1. The van der Waals surface area contributed by atoms with Gasteiger partial charge in [-0.3, -0.25) is 9.59 Å². The Labute approximate surface area is 160 Å². The molecular weight excluding hydrogens is 338 g/mol. The molecule has 2 fully saturated rings. The van der Waals surface area contributed by atoms with Crippen LogP contribution in [0.25, 0.3) is 0 Å². The van der Waals surface area contributed by atoms with Gasteiger partial charge in [0.2, 0.25) is 0 Å². The normalized spacial score (nSPS) is 22.4. The Bertz CT molecular complexity index is 849. The molecule has 0 unspecified atom stereocenters. The average molecular weight is 365 g/mol. The second kappa shape index (κ2) is 7.67. The van der Waals surface area contributed by atoms with E-state index >= 15 is 0 Å². The molecule has 0 radical (unpaired) electrons. The molecule has 2 aliphatic rings. The summed E-state index contributed by atoms with van der Waals surface area (Å²) in [6.07, 6.45) is 6.69. The summed E-state index contributed by atoms with van der Waals surface area (Å²) in [4.78, 5) is 27.6. The van der Waals surface area contributed by atoms with Crippen molar-refractivity contribution in [3.63, 3.8) is 0 Å². The lowest BCUT2D eigenvalue weighted by atomic mass is 9.86. The van der Waals surface area contributed by atoms with Gasteiger partial charge in [-0.25, -0.2) is 4.68 Å². The summed E-state index contributed by atoms with van der Waals surface area (Å²) in [7, 11) is 0. The molecule has 0 spiro atoms. The van der Waals surface area contributed by atoms with Crippen molar-refractivity contribution >= 4 is 5.91 Å². The number of nitrogens with zero attached hydrogens (tertiary/aromatic N) is 3. The molecule has 1 amide bonds. The topological polar surface area (TPSA) is 55.2 Å². The van der Waals surface area contributed by atoms with Crippen LogP contribution in [0.4, 0.5) is 0 Å². The van der Waals surface area contributed by atoms with Gasteiger partial charge in [-0.05, 0) is 56.1 Å². The Morgan fingerprint density at radius 3 is 2.26 bits per heavy atom. The molecule has 1 aromatic carbocycles. The number of rotatable bonds is 5. The monoisotopic (exact) mass is 365 g/mol. The smallest absolute Gasteiger partial charge is 0.274 e. The fraction of sp³-hybridized carbons (Fsp3) is 0.500. The fourth-order valence-corrected chi connectivity index (χ4v) is 4.07. The van der Waals surface area contributed by atoms with Gasteiger partial charge >= 0.3 is 0 Å². The summed E-state index contributed by atoms with van der Waals surface area (Å²) in [6.45, 7) is 2.67. The van der Waals surface area contributed by atoms with Crippen molar-refractivity contribution in [3.8, 4) is 0 Å². The molecule has 0 aliphatic heterocycles. The Balaban J connectivity index is 1.57. The van der Waals surface area contributed by atoms with Gasteiger partial charge in [0.25, 0.3) is 11.5 Å². The first-order valence-electron chi connectivity index (χ1n) is 10.1. The van der Waals surface area contributed by atoms with Crippen LogP contribution < -0.4 is 5.56 Å².